The number of para-hydroxylation sites is 1. The first-order valence-corrected chi connectivity index (χ1v) is 9.10. The fraction of sp³-hybridized carbons (Fsp3) is 0.333. The molecule has 7 heteroatoms. The largest absolute Gasteiger partial charge is 0.496 e. The maximum atomic E-state index is 13.7. The van der Waals surface area contributed by atoms with Gasteiger partial charge in [-0.3, -0.25) is 9.59 Å². The number of likely N-dealkylation sites (tertiary alicyclic amines) is 1. The van der Waals surface area contributed by atoms with Gasteiger partial charge in [0.25, 0.3) is 5.91 Å². The first-order chi connectivity index (χ1) is 13.5. The van der Waals surface area contributed by atoms with Crippen molar-refractivity contribution in [1.29, 1.82) is 0 Å². The van der Waals surface area contributed by atoms with Gasteiger partial charge in [-0.05, 0) is 37.1 Å². The lowest BCUT2D eigenvalue weighted by atomic mass is 9.95. The molecule has 1 heterocycles. The summed E-state index contributed by atoms with van der Waals surface area (Å²) in [4.78, 5) is 27.1. The van der Waals surface area contributed by atoms with Crippen LogP contribution in [0.5, 0.6) is 11.5 Å². The minimum absolute atomic E-state index is 0.171. The Bertz CT molecular complexity index is 841. The number of nitrogens with one attached hydrogen (secondary N) is 1. The van der Waals surface area contributed by atoms with Crippen LogP contribution in [-0.2, 0) is 4.79 Å². The summed E-state index contributed by atoms with van der Waals surface area (Å²) >= 11 is 0. The zero-order valence-corrected chi connectivity index (χ0v) is 15.9. The molecule has 0 spiro atoms. The smallest absolute Gasteiger partial charge is 0.261 e. The molecule has 0 unspecified atom stereocenters. The van der Waals surface area contributed by atoms with E-state index in [-0.39, 0.29) is 23.4 Å². The number of hydrogen-bond donors (Lipinski definition) is 1. The van der Waals surface area contributed by atoms with Gasteiger partial charge in [0.2, 0.25) is 5.91 Å². The average Bonchev–Trinajstić information content (AvgIpc) is 2.74. The van der Waals surface area contributed by atoms with Crippen molar-refractivity contribution in [2.24, 2.45) is 5.92 Å². The number of ether oxygens (including phenoxy) is 2. The number of piperidine rings is 1. The maximum absolute atomic E-state index is 13.7. The van der Waals surface area contributed by atoms with E-state index in [9.17, 15) is 14.0 Å². The van der Waals surface area contributed by atoms with Crippen molar-refractivity contribution in [3.8, 4) is 11.5 Å². The first kappa shape index (κ1) is 19.7. The predicted octanol–water partition coefficient (Wildman–Crippen LogP) is 3.33. The van der Waals surface area contributed by atoms with Crippen LogP contribution in [0.15, 0.2) is 42.5 Å². The minimum Gasteiger partial charge on any atom is -0.496 e. The van der Waals surface area contributed by atoms with Crippen LogP contribution < -0.4 is 14.8 Å². The van der Waals surface area contributed by atoms with Crippen LogP contribution in [0.2, 0.25) is 0 Å². The topological polar surface area (TPSA) is 67.9 Å². The summed E-state index contributed by atoms with van der Waals surface area (Å²) in [5.74, 6) is -0.267. The van der Waals surface area contributed by atoms with Gasteiger partial charge in [-0.15, -0.1) is 0 Å². The van der Waals surface area contributed by atoms with E-state index in [0.29, 0.717) is 43.0 Å². The number of carbonyl (C=O) groups excluding carboxylic acids is 2. The lowest BCUT2D eigenvalue weighted by molar-refractivity contribution is -0.121. The summed E-state index contributed by atoms with van der Waals surface area (Å²) in [6.45, 7) is 0.852. The lowest BCUT2D eigenvalue weighted by Gasteiger charge is -2.32. The molecule has 2 amide bonds. The van der Waals surface area contributed by atoms with Crippen molar-refractivity contribution in [2.75, 3.05) is 32.6 Å². The Labute approximate surface area is 163 Å². The monoisotopic (exact) mass is 386 g/mol. The number of nitrogens with zero attached hydrogens (tertiary/aromatic N) is 1. The molecule has 0 radical (unpaired) electrons. The van der Waals surface area contributed by atoms with Gasteiger partial charge in [-0.2, -0.15) is 0 Å². The number of benzene rings is 2. The number of rotatable bonds is 5. The molecule has 3 rings (SSSR count). The third-order valence-electron chi connectivity index (χ3n) is 4.93. The summed E-state index contributed by atoms with van der Waals surface area (Å²) in [6, 6.07) is 11.3. The standard InChI is InChI=1S/C21H23FN2O4/c1-27-17-8-5-9-18(28-2)19(17)21(26)24-12-10-14(11-13-24)20(25)23-16-7-4-3-6-15(16)22/h3-9,14H,10-13H2,1-2H3,(H,23,25). The Kier molecular flexibility index (Phi) is 6.13. The molecule has 1 N–H and O–H groups in total. The number of anilines is 1. The van der Waals surface area contributed by atoms with Gasteiger partial charge < -0.3 is 19.7 Å². The van der Waals surface area contributed by atoms with Crippen LogP contribution >= 0.6 is 0 Å². The van der Waals surface area contributed by atoms with E-state index < -0.39 is 5.82 Å². The molecule has 1 aliphatic rings. The molecular formula is C21H23FN2O4. The fourth-order valence-corrected chi connectivity index (χ4v) is 3.36. The lowest BCUT2D eigenvalue weighted by Crippen LogP contribution is -2.41. The van der Waals surface area contributed by atoms with Crippen LogP contribution in [0.1, 0.15) is 23.2 Å². The zero-order valence-electron chi connectivity index (χ0n) is 15.9. The van der Waals surface area contributed by atoms with Gasteiger partial charge in [-0.1, -0.05) is 18.2 Å². The predicted molar refractivity (Wildman–Crippen MR) is 103 cm³/mol. The molecule has 0 aliphatic carbocycles. The molecular weight excluding hydrogens is 363 g/mol. The van der Waals surface area contributed by atoms with E-state index in [1.807, 2.05) is 0 Å². The third kappa shape index (κ3) is 4.08. The average molecular weight is 386 g/mol. The Morgan fingerprint density at radius 3 is 2.18 bits per heavy atom. The summed E-state index contributed by atoms with van der Waals surface area (Å²) < 4.78 is 24.3. The first-order valence-electron chi connectivity index (χ1n) is 9.10. The fourth-order valence-electron chi connectivity index (χ4n) is 3.36. The molecule has 148 valence electrons. The Morgan fingerprint density at radius 1 is 1.00 bits per heavy atom. The molecule has 1 saturated heterocycles. The number of hydrogen-bond acceptors (Lipinski definition) is 4. The zero-order chi connectivity index (χ0) is 20.1. The van der Waals surface area contributed by atoms with E-state index in [1.54, 1.807) is 35.2 Å². The highest BCUT2D eigenvalue weighted by Gasteiger charge is 2.30. The molecule has 6 nitrogen and oxygen atoms in total. The molecule has 2 aromatic carbocycles. The van der Waals surface area contributed by atoms with E-state index in [2.05, 4.69) is 5.32 Å². The SMILES string of the molecule is COc1cccc(OC)c1C(=O)N1CCC(C(=O)Nc2ccccc2F)CC1. The molecule has 0 bridgehead atoms. The number of amides is 2. The van der Waals surface area contributed by atoms with Crippen molar-refractivity contribution in [3.05, 3.63) is 53.8 Å². The van der Waals surface area contributed by atoms with Crippen LogP contribution in [0, 0.1) is 11.7 Å². The van der Waals surface area contributed by atoms with Crippen molar-refractivity contribution < 1.29 is 23.5 Å². The molecule has 0 saturated carbocycles. The van der Waals surface area contributed by atoms with Crippen LogP contribution in [0.3, 0.4) is 0 Å². The summed E-state index contributed by atoms with van der Waals surface area (Å²) in [5, 5.41) is 2.63. The normalized spacial score (nSPS) is 14.5. The maximum Gasteiger partial charge on any atom is 0.261 e. The van der Waals surface area contributed by atoms with Crippen molar-refractivity contribution in [3.63, 3.8) is 0 Å². The number of halogens is 1. The van der Waals surface area contributed by atoms with Crippen LogP contribution in [-0.4, -0.2) is 44.0 Å². The van der Waals surface area contributed by atoms with Gasteiger partial charge in [0.15, 0.2) is 0 Å². The molecule has 1 aliphatic heterocycles. The third-order valence-corrected chi connectivity index (χ3v) is 4.93. The Hall–Kier alpha value is -3.09. The van der Waals surface area contributed by atoms with Gasteiger partial charge >= 0.3 is 0 Å². The molecule has 0 aromatic heterocycles. The van der Waals surface area contributed by atoms with E-state index in [1.165, 1.54) is 26.4 Å². The molecule has 2 aromatic rings. The second kappa shape index (κ2) is 8.73. The van der Waals surface area contributed by atoms with Gasteiger partial charge in [-0.25, -0.2) is 4.39 Å². The van der Waals surface area contributed by atoms with E-state index in [0.717, 1.165) is 0 Å². The van der Waals surface area contributed by atoms with Gasteiger partial charge in [0.1, 0.15) is 22.9 Å². The highest BCUT2D eigenvalue weighted by Crippen LogP contribution is 2.31. The second-order valence-electron chi connectivity index (χ2n) is 6.57. The number of carbonyl (C=O) groups is 2. The van der Waals surface area contributed by atoms with E-state index in [4.69, 9.17) is 9.47 Å². The molecule has 1 fully saturated rings. The highest BCUT2D eigenvalue weighted by atomic mass is 19.1. The summed E-state index contributed by atoms with van der Waals surface area (Å²) in [7, 11) is 3.01. The molecule has 28 heavy (non-hydrogen) atoms. The minimum atomic E-state index is -0.466. The van der Waals surface area contributed by atoms with Crippen molar-refractivity contribution in [1.82, 2.24) is 4.90 Å². The Balaban J connectivity index is 1.65. The second-order valence-corrected chi connectivity index (χ2v) is 6.57. The van der Waals surface area contributed by atoms with Crippen LogP contribution in [0.4, 0.5) is 10.1 Å². The quantitative estimate of drug-likeness (QED) is 0.856. The van der Waals surface area contributed by atoms with Crippen molar-refractivity contribution >= 4 is 17.5 Å². The van der Waals surface area contributed by atoms with E-state index >= 15 is 0 Å². The van der Waals surface area contributed by atoms with Gasteiger partial charge in [0, 0.05) is 19.0 Å². The highest BCUT2D eigenvalue weighted by molar-refractivity contribution is 6.00. The van der Waals surface area contributed by atoms with Crippen molar-refractivity contribution in [2.45, 2.75) is 12.8 Å². The number of methoxy groups -OCH3 is 2. The molecule has 0 atom stereocenters. The van der Waals surface area contributed by atoms with Crippen LogP contribution in [0.25, 0.3) is 0 Å². The Morgan fingerprint density at radius 2 is 1.61 bits per heavy atom. The summed E-state index contributed by atoms with van der Waals surface area (Å²) in [6.07, 6.45) is 1.01. The summed E-state index contributed by atoms with van der Waals surface area (Å²) in [5.41, 5.74) is 0.548. The van der Waals surface area contributed by atoms with Gasteiger partial charge in [0.05, 0.1) is 19.9 Å².